The van der Waals surface area contributed by atoms with E-state index in [1.54, 1.807) is 18.6 Å². The Labute approximate surface area is 285 Å². The van der Waals surface area contributed by atoms with Crippen LogP contribution in [0, 0.1) is 6.92 Å². The molecule has 3 heterocycles. The Bertz CT molecular complexity index is 2300. The normalized spacial score (nSPS) is 11.0. The number of benzene rings is 5. The van der Waals surface area contributed by atoms with Crippen LogP contribution in [0.5, 0.6) is 0 Å². The zero-order valence-electron chi connectivity index (χ0n) is 26.8. The fourth-order valence-electron chi connectivity index (χ4n) is 5.94. The standard InChI is InChI=1S/C43H30N6/c1-29-39(13-8-22-45-29)32-18-14-30(15-19-32)36-25-37(31-16-20-33(21-17-31)40-28-44-23-24-46-40)27-38(26-36)43-48-41(34-9-4-2-5-10-34)47-42(49-43)35-11-6-3-7-12-35/h2-28H,1H3. The van der Waals surface area contributed by atoms with E-state index in [0.29, 0.717) is 17.5 Å². The Kier molecular flexibility index (Phi) is 8.02. The minimum Gasteiger partial charge on any atom is -0.261 e. The summed E-state index contributed by atoms with van der Waals surface area (Å²) in [4.78, 5) is 28.2. The summed E-state index contributed by atoms with van der Waals surface area (Å²) in [6.45, 7) is 2.04. The number of aromatic nitrogens is 6. The molecule has 0 radical (unpaired) electrons. The zero-order valence-corrected chi connectivity index (χ0v) is 26.8. The summed E-state index contributed by atoms with van der Waals surface area (Å²) in [7, 11) is 0. The van der Waals surface area contributed by atoms with Crippen molar-refractivity contribution in [3.63, 3.8) is 0 Å². The first-order chi connectivity index (χ1) is 24.2. The number of hydrogen-bond donors (Lipinski definition) is 0. The zero-order chi connectivity index (χ0) is 33.0. The summed E-state index contributed by atoms with van der Waals surface area (Å²) in [6.07, 6.45) is 7.00. The lowest BCUT2D eigenvalue weighted by molar-refractivity contribution is 1.07. The van der Waals surface area contributed by atoms with E-state index in [0.717, 1.165) is 67.0 Å². The quantitative estimate of drug-likeness (QED) is 0.174. The molecule has 0 aliphatic rings. The summed E-state index contributed by atoms with van der Waals surface area (Å²) in [6, 6.07) is 47.8. The van der Waals surface area contributed by atoms with Crippen LogP contribution in [0.25, 0.3) is 78.8 Å². The molecule has 0 aliphatic heterocycles. The third-order valence-corrected chi connectivity index (χ3v) is 8.50. The minimum atomic E-state index is 0.606. The largest absolute Gasteiger partial charge is 0.261 e. The van der Waals surface area contributed by atoms with Gasteiger partial charge in [0.15, 0.2) is 17.5 Å². The lowest BCUT2D eigenvalue weighted by Crippen LogP contribution is -2.00. The van der Waals surface area contributed by atoms with Crippen LogP contribution in [0.1, 0.15) is 5.69 Å². The van der Waals surface area contributed by atoms with Crippen molar-refractivity contribution in [3.05, 3.63) is 170 Å². The van der Waals surface area contributed by atoms with Gasteiger partial charge in [-0.05, 0) is 59.0 Å². The van der Waals surface area contributed by atoms with Crippen molar-refractivity contribution in [2.75, 3.05) is 0 Å². The Morgan fingerprint density at radius 1 is 0.367 bits per heavy atom. The molecule has 0 atom stereocenters. The number of pyridine rings is 1. The van der Waals surface area contributed by atoms with Crippen LogP contribution in [0.3, 0.4) is 0 Å². The maximum Gasteiger partial charge on any atom is 0.164 e. The molecule has 3 aromatic heterocycles. The smallest absolute Gasteiger partial charge is 0.164 e. The van der Waals surface area contributed by atoms with Crippen molar-refractivity contribution >= 4 is 0 Å². The highest BCUT2D eigenvalue weighted by Gasteiger charge is 2.15. The van der Waals surface area contributed by atoms with Crippen LogP contribution >= 0.6 is 0 Å². The van der Waals surface area contributed by atoms with E-state index < -0.39 is 0 Å². The van der Waals surface area contributed by atoms with Gasteiger partial charge in [-0.2, -0.15) is 0 Å². The predicted molar refractivity (Wildman–Crippen MR) is 196 cm³/mol. The fourth-order valence-corrected chi connectivity index (χ4v) is 5.94. The molecule has 0 unspecified atom stereocenters. The van der Waals surface area contributed by atoms with Crippen molar-refractivity contribution < 1.29 is 0 Å². The molecule has 0 bridgehead atoms. The molecule has 49 heavy (non-hydrogen) atoms. The van der Waals surface area contributed by atoms with Crippen LogP contribution in [-0.2, 0) is 0 Å². The molecule has 8 aromatic rings. The van der Waals surface area contributed by atoms with Gasteiger partial charge in [-0.3, -0.25) is 15.0 Å². The Morgan fingerprint density at radius 3 is 1.41 bits per heavy atom. The molecule has 6 nitrogen and oxygen atoms in total. The molecule has 8 rings (SSSR count). The number of aryl methyl sites for hydroxylation is 1. The molecule has 0 spiro atoms. The van der Waals surface area contributed by atoms with Crippen molar-refractivity contribution in [3.8, 4) is 78.8 Å². The first-order valence-corrected chi connectivity index (χ1v) is 16.1. The van der Waals surface area contributed by atoms with Crippen LogP contribution < -0.4 is 0 Å². The molecule has 5 aromatic carbocycles. The monoisotopic (exact) mass is 630 g/mol. The van der Waals surface area contributed by atoms with Gasteiger partial charge in [0.1, 0.15) is 0 Å². The summed E-state index contributed by atoms with van der Waals surface area (Å²) in [5.41, 5.74) is 12.1. The van der Waals surface area contributed by atoms with E-state index in [4.69, 9.17) is 15.0 Å². The lowest BCUT2D eigenvalue weighted by Gasteiger charge is -2.13. The van der Waals surface area contributed by atoms with E-state index in [1.165, 1.54) is 0 Å². The maximum absolute atomic E-state index is 5.04. The number of nitrogens with zero attached hydrogens (tertiary/aromatic N) is 6. The highest BCUT2D eigenvalue weighted by Crippen LogP contribution is 2.35. The van der Waals surface area contributed by atoms with E-state index in [9.17, 15) is 0 Å². The fraction of sp³-hybridized carbons (Fsp3) is 0.0233. The minimum absolute atomic E-state index is 0.606. The third-order valence-electron chi connectivity index (χ3n) is 8.50. The molecular formula is C43H30N6. The van der Waals surface area contributed by atoms with Crippen LogP contribution in [0.4, 0.5) is 0 Å². The molecule has 0 saturated carbocycles. The van der Waals surface area contributed by atoms with Crippen LogP contribution in [-0.4, -0.2) is 29.9 Å². The Hall–Kier alpha value is -6.66. The summed E-state index contributed by atoms with van der Waals surface area (Å²) >= 11 is 0. The second-order valence-electron chi connectivity index (χ2n) is 11.7. The summed E-state index contributed by atoms with van der Waals surface area (Å²) < 4.78 is 0. The maximum atomic E-state index is 5.04. The number of rotatable bonds is 7. The van der Waals surface area contributed by atoms with Crippen LogP contribution in [0.2, 0.25) is 0 Å². The van der Waals surface area contributed by atoms with Crippen molar-refractivity contribution in [2.24, 2.45) is 0 Å². The molecule has 0 N–H and O–H groups in total. The van der Waals surface area contributed by atoms with E-state index in [1.807, 2.05) is 79.9 Å². The van der Waals surface area contributed by atoms with Gasteiger partial charge in [0.05, 0.1) is 11.9 Å². The average molecular weight is 631 g/mol. The second kappa shape index (κ2) is 13.2. The second-order valence-corrected chi connectivity index (χ2v) is 11.7. The Morgan fingerprint density at radius 2 is 0.878 bits per heavy atom. The van der Waals surface area contributed by atoms with Gasteiger partial charge in [-0.25, -0.2) is 15.0 Å². The first-order valence-electron chi connectivity index (χ1n) is 16.1. The average Bonchev–Trinajstić information content (AvgIpc) is 3.19. The molecule has 232 valence electrons. The van der Waals surface area contributed by atoms with Gasteiger partial charge in [0.2, 0.25) is 0 Å². The first kappa shape index (κ1) is 29.7. The van der Waals surface area contributed by atoms with Gasteiger partial charge in [-0.15, -0.1) is 0 Å². The molecule has 6 heteroatoms. The molecular weight excluding hydrogens is 601 g/mol. The Balaban J connectivity index is 1.28. The molecule has 0 aliphatic carbocycles. The van der Waals surface area contributed by atoms with E-state index >= 15 is 0 Å². The highest BCUT2D eigenvalue weighted by molar-refractivity contribution is 5.82. The topological polar surface area (TPSA) is 77.3 Å². The van der Waals surface area contributed by atoms with Crippen molar-refractivity contribution in [2.45, 2.75) is 6.92 Å². The lowest BCUT2D eigenvalue weighted by atomic mass is 9.94. The SMILES string of the molecule is Cc1ncccc1-c1ccc(-c2cc(-c3ccc(-c4cnccn4)cc3)cc(-c3nc(-c4ccccc4)nc(-c4ccccc4)n3)c2)cc1. The van der Waals surface area contributed by atoms with Gasteiger partial charge in [-0.1, -0.05) is 115 Å². The predicted octanol–water partition coefficient (Wildman–Crippen LogP) is 10.0. The van der Waals surface area contributed by atoms with Gasteiger partial charge in [0.25, 0.3) is 0 Å². The molecule has 0 fully saturated rings. The van der Waals surface area contributed by atoms with E-state index in [-0.39, 0.29) is 0 Å². The van der Waals surface area contributed by atoms with Crippen molar-refractivity contribution in [1.82, 2.24) is 29.9 Å². The third kappa shape index (κ3) is 6.35. The van der Waals surface area contributed by atoms with Crippen molar-refractivity contribution in [1.29, 1.82) is 0 Å². The number of hydrogen-bond acceptors (Lipinski definition) is 6. The van der Waals surface area contributed by atoms with E-state index in [2.05, 4.69) is 87.7 Å². The van der Waals surface area contributed by atoms with Gasteiger partial charge < -0.3 is 0 Å². The molecule has 0 amide bonds. The summed E-state index contributed by atoms with van der Waals surface area (Å²) in [5.74, 6) is 1.86. The highest BCUT2D eigenvalue weighted by atomic mass is 15.0. The summed E-state index contributed by atoms with van der Waals surface area (Å²) in [5, 5.41) is 0. The van der Waals surface area contributed by atoms with Gasteiger partial charge >= 0.3 is 0 Å². The molecule has 0 saturated heterocycles. The van der Waals surface area contributed by atoms with Gasteiger partial charge in [0, 0.05) is 52.1 Å². The van der Waals surface area contributed by atoms with Crippen LogP contribution in [0.15, 0.2) is 164 Å².